The fourth-order valence-corrected chi connectivity index (χ4v) is 3.54. The predicted molar refractivity (Wildman–Crippen MR) is 94.9 cm³/mol. The second-order valence-electron chi connectivity index (χ2n) is 6.56. The molecule has 132 valence electrons. The molecule has 1 fully saturated rings. The lowest BCUT2D eigenvalue weighted by molar-refractivity contribution is 0.0742. The molecule has 3 rings (SSSR count). The molecule has 1 amide bonds. The standard InChI is InChI=1S/C17H24N4O2.ClH/c1-10-5-14(8-18)9-20(10)17(22)15-6-11(2)21(13(15)4)16-7-12(3)23-19-16;/h6-7,10,14H,5,8-9,18H2,1-4H3;1H. The van der Waals surface area contributed by atoms with Gasteiger partial charge in [-0.1, -0.05) is 5.16 Å². The molecule has 24 heavy (non-hydrogen) atoms. The molecular formula is C17H25ClN4O2. The summed E-state index contributed by atoms with van der Waals surface area (Å²) in [6, 6.07) is 4.04. The molecule has 3 heterocycles. The fraction of sp³-hybridized carbons (Fsp3) is 0.529. The van der Waals surface area contributed by atoms with E-state index in [9.17, 15) is 4.79 Å². The minimum absolute atomic E-state index is 0. The van der Waals surface area contributed by atoms with Crippen LogP contribution in [0.3, 0.4) is 0 Å². The Morgan fingerprint density at radius 3 is 2.62 bits per heavy atom. The lowest BCUT2D eigenvalue weighted by Gasteiger charge is -2.21. The van der Waals surface area contributed by atoms with E-state index in [-0.39, 0.29) is 24.4 Å². The van der Waals surface area contributed by atoms with Crippen molar-refractivity contribution in [1.82, 2.24) is 14.6 Å². The van der Waals surface area contributed by atoms with Crippen LogP contribution in [0, 0.1) is 26.7 Å². The van der Waals surface area contributed by atoms with Crippen LogP contribution < -0.4 is 5.73 Å². The number of hydrogen-bond acceptors (Lipinski definition) is 4. The number of nitrogens with zero attached hydrogens (tertiary/aromatic N) is 3. The van der Waals surface area contributed by atoms with Crippen molar-refractivity contribution in [3.8, 4) is 5.82 Å². The Morgan fingerprint density at radius 1 is 1.38 bits per heavy atom. The summed E-state index contributed by atoms with van der Waals surface area (Å²) >= 11 is 0. The van der Waals surface area contributed by atoms with Gasteiger partial charge in [0.2, 0.25) is 0 Å². The van der Waals surface area contributed by atoms with E-state index in [2.05, 4.69) is 12.1 Å². The molecule has 0 saturated carbocycles. The van der Waals surface area contributed by atoms with Crippen molar-refractivity contribution >= 4 is 18.3 Å². The van der Waals surface area contributed by atoms with Gasteiger partial charge in [-0.05, 0) is 52.6 Å². The molecule has 2 atom stereocenters. The number of carbonyl (C=O) groups is 1. The van der Waals surface area contributed by atoms with E-state index in [1.807, 2.05) is 42.4 Å². The summed E-state index contributed by atoms with van der Waals surface area (Å²) in [5.41, 5.74) is 8.37. The number of halogens is 1. The molecule has 0 aliphatic carbocycles. The maximum atomic E-state index is 13.0. The van der Waals surface area contributed by atoms with Crippen molar-refractivity contribution in [3.05, 3.63) is 34.8 Å². The van der Waals surface area contributed by atoms with E-state index in [1.165, 1.54) is 0 Å². The zero-order chi connectivity index (χ0) is 16.7. The van der Waals surface area contributed by atoms with Crippen LogP contribution in [0.1, 0.15) is 40.9 Å². The van der Waals surface area contributed by atoms with Gasteiger partial charge in [-0.15, -0.1) is 12.4 Å². The Morgan fingerprint density at radius 2 is 2.08 bits per heavy atom. The zero-order valence-electron chi connectivity index (χ0n) is 14.6. The average molecular weight is 353 g/mol. The molecule has 2 unspecified atom stereocenters. The van der Waals surface area contributed by atoms with Crippen LogP contribution >= 0.6 is 12.4 Å². The van der Waals surface area contributed by atoms with Crippen LogP contribution in [-0.4, -0.2) is 39.7 Å². The van der Waals surface area contributed by atoms with Gasteiger partial charge in [-0.3, -0.25) is 9.36 Å². The first-order chi connectivity index (χ1) is 10.9. The second-order valence-corrected chi connectivity index (χ2v) is 6.56. The SMILES string of the molecule is Cc1cc(-n2c(C)cc(C(=O)N3CC(CN)CC3C)c2C)no1.Cl. The third-order valence-corrected chi connectivity index (χ3v) is 4.76. The minimum Gasteiger partial charge on any atom is -0.360 e. The number of likely N-dealkylation sites (tertiary alicyclic amines) is 1. The van der Waals surface area contributed by atoms with Crippen molar-refractivity contribution in [2.75, 3.05) is 13.1 Å². The molecule has 1 aliphatic rings. The Kier molecular flexibility index (Phi) is 5.40. The number of carbonyl (C=O) groups excluding carboxylic acids is 1. The van der Waals surface area contributed by atoms with Gasteiger partial charge in [-0.2, -0.15) is 0 Å². The van der Waals surface area contributed by atoms with E-state index in [0.29, 0.717) is 18.3 Å². The first kappa shape index (κ1) is 18.5. The van der Waals surface area contributed by atoms with Gasteiger partial charge in [0, 0.05) is 30.0 Å². The van der Waals surface area contributed by atoms with E-state index in [0.717, 1.165) is 35.7 Å². The van der Waals surface area contributed by atoms with Gasteiger partial charge >= 0.3 is 0 Å². The van der Waals surface area contributed by atoms with Crippen LogP contribution in [0.2, 0.25) is 0 Å². The number of nitrogens with two attached hydrogens (primary N) is 1. The van der Waals surface area contributed by atoms with Crippen LogP contribution in [-0.2, 0) is 0 Å². The number of aromatic nitrogens is 2. The number of aryl methyl sites for hydroxylation is 2. The molecule has 1 saturated heterocycles. The summed E-state index contributed by atoms with van der Waals surface area (Å²) in [4.78, 5) is 14.9. The highest BCUT2D eigenvalue weighted by molar-refractivity contribution is 5.96. The lowest BCUT2D eigenvalue weighted by atomic mass is 10.1. The second kappa shape index (κ2) is 6.99. The van der Waals surface area contributed by atoms with Gasteiger partial charge in [0.15, 0.2) is 5.82 Å². The van der Waals surface area contributed by atoms with Crippen LogP contribution in [0.25, 0.3) is 5.82 Å². The van der Waals surface area contributed by atoms with E-state index in [1.54, 1.807) is 0 Å². The van der Waals surface area contributed by atoms with Crippen molar-refractivity contribution in [2.45, 2.75) is 40.2 Å². The van der Waals surface area contributed by atoms with E-state index in [4.69, 9.17) is 10.3 Å². The van der Waals surface area contributed by atoms with Gasteiger partial charge in [0.25, 0.3) is 5.91 Å². The largest absolute Gasteiger partial charge is 0.360 e. The van der Waals surface area contributed by atoms with Crippen LogP contribution in [0.4, 0.5) is 0 Å². The van der Waals surface area contributed by atoms with Crippen molar-refractivity contribution in [3.63, 3.8) is 0 Å². The lowest BCUT2D eigenvalue weighted by Crippen LogP contribution is -2.34. The summed E-state index contributed by atoms with van der Waals surface area (Å²) < 4.78 is 7.13. The summed E-state index contributed by atoms with van der Waals surface area (Å²) in [6.45, 7) is 9.24. The monoisotopic (exact) mass is 352 g/mol. The van der Waals surface area contributed by atoms with Gasteiger partial charge < -0.3 is 15.2 Å². The highest BCUT2D eigenvalue weighted by Gasteiger charge is 2.33. The van der Waals surface area contributed by atoms with Gasteiger partial charge in [0.1, 0.15) is 5.76 Å². The summed E-state index contributed by atoms with van der Waals surface area (Å²) in [5, 5.41) is 4.06. The molecule has 0 aromatic carbocycles. The van der Waals surface area contributed by atoms with Crippen molar-refractivity contribution in [1.29, 1.82) is 0 Å². The Labute approximate surface area is 148 Å². The first-order valence-corrected chi connectivity index (χ1v) is 8.06. The third kappa shape index (κ3) is 3.08. The third-order valence-electron chi connectivity index (χ3n) is 4.76. The molecule has 7 heteroatoms. The molecule has 1 aliphatic heterocycles. The molecule has 6 nitrogen and oxygen atoms in total. The minimum atomic E-state index is 0. The maximum Gasteiger partial charge on any atom is 0.255 e. The smallest absolute Gasteiger partial charge is 0.255 e. The van der Waals surface area contributed by atoms with Crippen LogP contribution in [0.5, 0.6) is 0 Å². The zero-order valence-corrected chi connectivity index (χ0v) is 15.4. The molecule has 0 spiro atoms. The molecule has 0 radical (unpaired) electrons. The fourth-order valence-electron chi connectivity index (χ4n) is 3.54. The molecule has 2 aromatic rings. The van der Waals surface area contributed by atoms with Gasteiger partial charge in [-0.25, -0.2) is 0 Å². The highest BCUT2D eigenvalue weighted by atomic mass is 35.5. The Bertz CT molecular complexity index is 737. The number of amides is 1. The summed E-state index contributed by atoms with van der Waals surface area (Å²) in [6.07, 6.45) is 0.976. The topological polar surface area (TPSA) is 77.3 Å². The van der Waals surface area contributed by atoms with E-state index >= 15 is 0 Å². The quantitative estimate of drug-likeness (QED) is 0.921. The number of rotatable bonds is 3. The van der Waals surface area contributed by atoms with Crippen molar-refractivity contribution < 1.29 is 9.32 Å². The summed E-state index contributed by atoms with van der Waals surface area (Å²) in [5.74, 6) is 1.94. The van der Waals surface area contributed by atoms with Crippen molar-refractivity contribution in [2.24, 2.45) is 11.7 Å². The highest BCUT2D eigenvalue weighted by Crippen LogP contribution is 2.27. The Hall–Kier alpha value is -1.79. The normalized spacial score (nSPS) is 20.3. The molecule has 2 N–H and O–H groups in total. The average Bonchev–Trinajstić information content (AvgIpc) is 3.17. The van der Waals surface area contributed by atoms with Crippen LogP contribution in [0.15, 0.2) is 16.7 Å². The Balaban J connectivity index is 0.00000208. The summed E-state index contributed by atoms with van der Waals surface area (Å²) in [7, 11) is 0. The predicted octanol–water partition coefficient (Wildman–Crippen LogP) is 2.62. The molecule has 2 aromatic heterocycles. The maximum absolute atomic E-state index is 13.0. The molecule has 0 bridgehead atoms. The molecular weight excluding hydrogens is 328 g/mol. The number of hydrogen-bond donors (Lipinski definition) is 1. The van der Waals surface area contributed by atoms with Gasteiger partial charge in [0.05, 0.1) is 5.56 Å². The van der Waals surface area contributed by atoms with E-state index < -0.39 is 0 Å². The first-order valence-electron chi connectivity index (χ1n) is 8.06.